The Hall–Kier alpha value is -1.72. The molecular weight excluding hydrogens is 254 g/mol. The fourth-order valence-electron chi connectivity index (χ4n) is 2.49. The van der Waals surface area contributed by atoms with Gasteiger partial charge in [0.2, 0.25) is 11.8 Å². The summed E-state index contributed by atoms with van der Waals surface area (Å²) in [5.41, 5.74) is 2.14. The van der Waals surface area contributed by atoms with Gasteiger partial charge in [-0.2, -0.15) is 0 Å². The van der Waals surface area contributed by atoms with E-state index in [-0.39, 0.29) is 12.1 Å². The van der Waals surface area contributed by atoms with Gasteiger partial charge >= 0.3 is 0 Å². The van der Waals surface area contributed by atoms with Crippen molar-refractivity contribution < 1.29 is 9.52 Å². The molecule has 5 heteroatoms. The van der Waals surface area contributed by atoms with Gasteiger partial charge in [0, 0.05) is 18.7 Å². The third-order valence-electron chi connectivity index (χ3n) is 3.84. The zero-order valence-corrected chi connectivity index (χ0v) is 11.8. The van der Waals surface area contributed by atoms with Crippen molar-refractivity contribution >= 4 is 0 Å². The summed E-state index contributed by atoms with van der Waals surface area (Å²) in [6.45, 7) is 5.61. The summed E-state index contributed by atoms with van der Waals surface area (Å²) < 4.78 is 5.77. The second-order valence-corrected chi connectivity index (χ2v) is 5.42. The Labute approximate surface area is 118 Å². The number of likely N-dealkylation sites (tertiary alicyclic amines) is 1. The van der Waals surface area contributed by atoms with Crippen LogP contribution >= 0.6 is 0 Å². The number of nitrogens with zero attached hydrogens (tertiary/aromatic N) is 3. The van der Waals surface area contributed by atoms with Crippen LogP contribution in [0.3, 0.4) is 0 Å². The maximum Gasteiger partial charge on any atom is 0.247 e. The zero-order valence-electron chi connectivity index (χ0n) is 11.8. The van der Waals surface area contributed by atoms with Crippen molar-refractivity contribution in [3.05, 3.63) is 35.7 Å². The molecule has 0 bridgehead atoms. The molecule has 1 unspecified atom stereocenters. The highest BCUT2D eigenvalue weighted by Crippen LogP contribution is 2.26. The molecule has 0 saturated carbocycles. The molecule has 1 saturated heterocycles. The van der Waals surface area contributed by atoms with Crippen molar-refractivity contribution in [2.45, 2.75) is 32.4 Å². The lowest BCUT2D eigenvalue weighted by Crippen LogP contribution is -2.25. The first-order valence-corrected chi connectivity index (χ1v) is 6.96. The number of rotatable bonds is 3. The molecule has 5 nitrogen and oxygen atoms in total. The predicted molar refractivity (Wildman–Crippen MR) is 75.1 cm³/mol. The molecule has 1 aliphatic heterocycles. The van der Waals surface area contributed by atoms with Crippen LogP contribution in [0.25, 0.3) is 11.5 Å². The Bertz CT molecular complexity index is 579. The number of benzene rings is 1. The van der Waals surface area contributed by atoms with E-state index >= 15 is 0 Å². The van der Waals surface area contributed by atoms with Gasteiger partial charge in [0.15, 0.2) is 0 Å². The van der Waals surface area contributed by atoms with Gasteiger partial charge in [-0.3, -0.25) is 4.90 Å². The largest absolute Gasteiger partial charge is 0.419 e. The number of hydrogen-bond acceptors (Lipinski definition) is 5. The Morgan fingerprint density at radius 3 is 2.70 bits per heavy atom. The Morgan fingerprint density at radius 2 is 2.05 bits per heavy atom. The van der Waals surface area contributed by atoms with Crippen molar-refractivity contribution in [3.8, 4) is 11.5 Å². The fraction of sp³-hybridized carbons (Fsp3) is 0.467. The molecule has 0 amide bonds. The van der Waals surface area contributed by atoms with E-state index in [4.69, 9.17) is 4.42 Å². The maximum atomic E-state index is 9.60. The minimum atomic E-state index is -0.239. The third kappa shape index (κ3) is 2.59. The van der Waals surface area contributed by atoms with E-state index in [0.29, 0.717) is 18.3 Å². The summed E-state index contributed by atoms with van der Waals surface area (Å²) >= 11 is 0. The summed E-state index contributed by atoms with van der Waals surface area (Å²) in [6.07, 6.45) is 0.570. The van der Waals surface area contributed by atoms with Crippen LogP contribution in [0.15, 0.2) is 28.7 Å². The van der Waals surface area contributed by atoms with Crippen LogP contribution in [0.4, 0.5) is 0 Å². The fourth-order valence-corrected chi connectivity index (χ4v) is 2.49. The first kappa shape index (κ1) is 13.3. The van der Waals surface area contributed by atoms with Crippen LogP contribution in [0.5, 0.6) is 0 Å². The number of aromatic nitrogens is 2. The van der Waals surface area contributed by atoms with Crippen LogP contribution in [-0.2, 0) is 0 Å². The van der Waals surface area contributed by atoms with Crippen molar-refractivity contribution in [2.24, 2.45) is 0 Å². The van der Waals surface area contributed by atoms with E-state index < -0.39 is 0 Å². The monoisotopic (exact) mass is 273 g/mol. The van der Waals surface area contributed by atoms with Gasteiger partial charge in [0.05, 0.1) is 12.1 Å². The summed E-state index contributed by atoms with van der Waals surface area (Å²) in [4.78, 5) is 2.16. The van der Waals surface area contributed by atoms with Gasteiger partial charge in [-0.25, -0.2) is 0 Å². The van der Waals surface area contributed by atoms with Gasteiger partial charge in [-0.1, -0.05) is 17.7 Å². The molecule has 1 aliphatic rings. The number of aliphatic hydroxyl groups is 1. The molecule has 1 N–H and O–H groups in total. The number of aliphatic hydroxyl groups excluding tert-OH is 1. The summed E-state index contributed by atoms with van der Waals surface area (Å²) in [5, 5.41) is 17.9. The van der Waals surface area contributed by atoms with Gasteiger partial charge < -0.3 is 9.52 Å². The molecule has 3 rings (SSSR count). The third-order valence-corrected chi connectivity index (χ3v) is 3.84. The van der Waals surface area contributed by atoms with E-state index in [2.05, 4.69) is 15.1 Å². The predicted octanol–water partition coefficient (Wildman–Crippen LogP) is 2.17. The average Bonchev–Trinajstić information content (AvgIpc) is 3.08. The standard InChI is InChI=1S/C15H19N3O2/c1-10-3-5-12(6-4-10)15-17-16-14(20-15)11(2)18-8-7-13(19)9-18/h3-6,11,13,19H,7-9H2,1-2H3/t11?,13-/m0/s1. The molecule has 0 spiro atoms. The van der Waals surface area contributed by atoms with Crippen molar-refractivity contribution in [1.82, 2.24) is 15.1 Å². The molecule has 2 atom stereocenters. The van der Waals surface area contributed by atoms with Crippen molar-refractivity contribution in [3.63, 3.8) is 0 Å². The van der Waals surface area contributed by atoms with Crippen LogP contribution in [0, 0.1) is 6.92 Å². The number of β-amino-alcohol motifs (C(OH)–C–C–N with tert-alkyl or cyclic N) is 1. The first-order chi connectivity index (χ1) is 9.63. The summed E-state index contributed by atoms with van der Waals surface area (Å²) in [6, 6.07) is 8.06. The van der Waals surface area contributed by atoms with Crippen LogP contribution in [0.2, 0.25) is 0 Å². The molecule has 1 fully saturated rings. The average molecular weight is 273 g/mol. The normalized spacial score (nSPS) is 21.2. The molecular formula is C15H19N3O2. The van der Waals surface area contributed by atoms with Crippen molar-refractivity contribution in [1.29, 1.82) is 0 Å². The highest BCUT2D eigenvalue weighted by molar-refractivity contribution is 5.52. The van der Waals surface area contributed by atoms with Gasteiger partial charge in [-0.05, 0) is 32.4 Å². The molecule has 1 aromatic carbocycles. The lowest BCUT2D eigenvalue weighted by molar-refractivity contribution is 0.155. The Balaban J connectivity index is 1.78. The Morgan fingerprint density at radius 1 is 1.30 bits per heavy atom. The molecule has 106 valence electrons. The Kier molecular flexibility index (Phi) is 3.54. The summed E-state index contributed by atoms with van der Waals surface area (Å²) in [7, 11) is 0. The quantitative estimate of drug-likeness (QED) is 0.928. The molecule has 2 aromatic rings. The lowest BCUT2D eigenvalue weighted by atomic mass is 10.1. The first-order valence-electron chi connectivity index (χ1n) is 6.96. The van der Waals surface area contributed by atoms with E-state index in [1.807, 2.05) is 38.1 Å². The summed E-state index contributed by atoms with van der Waals surface area (Å²) in [5.74, 6) is 1.15. The van der Waals surface area contributed by atoms with Gasteiger partial charge in [0.1, 0.15) is 0 Å². The molecule has 20 heavy (non-hydrogen) atoms. The van der Waals surface area contributed by atoms with E-state index in [1.54, 1.807) is 0 Å². The van der Waals surface area contributed by atoms with Gasteiger partial charge in [0.25, 0.3) is 0 Å². The van der Waals surface area contributed by atoms with Gasteiger partial charge in [-0.15, -0.1) is 10.2 Å². The zero-order chi connectivity index (χ0) is 14.1. The smallest absolute Gasteiger partial charge is 0.247 e. The van der Waals surface area contributed by atoms with Crippen LogP contribution in [-0.4, -0.2) is 39.4 Å². The highest BCUT2D eigenvalue weighted by atomic mass is 16.4. The van der Waals surface area contributed by atoms with E-state index in [1.165, 1.54) is 5.56 Å². The minimum Gasteiger partial charge on any atom is -0.419 e. The van der Waals surface area contributed by atoms with Crippen LogP contribution in [0.1, 0.15) is 30.8 Å². The SMILES string of the molecule is Cc1ccc(-c2nnc(C(C)N3CC[C@H](O)C3)o2)cc1. The molecule has 2 heterocycles. The lowest BCUT2D eigenvalue weighted by Gasteiger charge is -2.20. The van der Waals surface area contributed by atoms with Crippen molar-refractivity contribution in [2.75, 3.05) is 13.1 Å². The molecule has 0 radical (unpaired) electrons. The molecule has 0 aliphatic carbocycles. The topological polar surface area (TPSA) is 62.4 Å². The second kappa shape index (κ2) is 5.34. The molecule has 1 aromatic heterocycles. The van der Waals surface area contributed by atoms with E-state index in [9.17, 15) is 5.11 Å². The number of hydrogen-bond donors (Lipinski definition) is 1. The van der Waals surface area contributed by atoms with E-state index in [0.717, 1.165) is 18.5 Å². The van der Waals surface area contributed by atoms with Crippen LogP contribution < -0.4 is 0 Å². The minimum absolute atomic E-state index is 0.0406. The second-order valence-electron chi connectivity index (χ2n) is 5.42. The number of aryl methyl sites for hydroxylation is 1. The maximum absolute atomic E-state index is 9.60. The highest BCUT2D eigenvalue weighted by Gasteiger charge is 2.28.